The number of hydrogen-bond acceptors (Lipinski definition) is 11. The summed E-state index contributed by atoms with van der Waals surface area (Å²) in [6, 6.07) is 3.80. The van der Waals surface area contributed by atoms with Gasteiger partial charge in [0, 0.05) is 4.88 Å². The summed E-state index contributed by atoms with van der Waals surface area (Å²) in [7, 11) is 0. The Morgan fingerprint density at radius 1 is 1.37 bits per heavy atom. The van der Waals surface area contributed by atoms with Gasteiger partial charge in [0.2, 0.25) is 5.95 Å². The minimum Gasteiger partial charge on any atom is -0.394 e. The van der Waals surface area contributed by atoms with Crippen LogP contribution >= 0.6 is 11.3 Å². The van der Waals surface area contributed by atoms with Crippen LogP contribution in [0.5, 0.6) is 0 Å². The van der Waals surface area contributed by atoms with E-state index in [4.69, 9.17) is 10.5 Å². The molecule has 0 amide bonds. The maximum absolute atomic E-state index is 10.4. The van der Waals surface area contributed by atoms with Gasteiger partial charge in [-0.1, -0.05) is 6.07 Å². The number of hydrogen-bond donors (Lipinski definition) is 5. The fourth-order valence-corrected chi connectivity index (χ4v) is 3.44. The number of hydrazone groups is 1. The number of fused-ring (bicyclic) bond motifs is 1. The number of nitrogen functional groups attached to an aromatic ring is 1. The first-order valence-electron chi connectivity index (χ1n) is 8.03. The van der Waals surface area contributed by atoms with Crippen molar-refractivity contribution in [3.05, 3.63) is 28.7 Å². The molecule has 4 heterocycles. The lowest BCUT2D eigenvalue weighted by molar-refractivity contribution is -0.0501. The number of aliphatic hydroxyl groups is 3. The second-order valence-electron chi connectivity index (χ2n) is 5.85. The number of rotatable bonds is 5. The number of ether oxygens (including phenoxy) is 1. The Morgan fingerprint density at radius 3 is 2.93 bits per heavy atom. The zero-order valence-electron chi connectivity index (χ0n) is 13.9. The number of imidazole rings is 1. The normalized spacial score (nSPS) is 25.6. The van der Waals surface area contributed by atoms with Crippen molar-refractivity contribution in [2.45, 2.75) is 24.5 Å². The first-order chi connectivity index (χ1) is 13.1. The predicted molar refractivity (Wildman–Crippen MR) is 98.3 cm³/mol. The van der Waals surface area contributed by atoms with E-state index in [-0.39, 0.29) is 11.8 Å². The molecule has 0 saturated carbocycles. The molecule has 27 heavy (non-hydrogen) atoms. The van der Waals surface area contributed by atoms with E-state index >= 15 is 0 Å². The molecule has 4 atom stereocenters. The van der Waals surface area contributed by atoms with Crippen LogP contribution in [-0.2, 0) is 4.74 Å². The SMILES string of the molecule is Nc1ncnc2c1nc(N/N=C\c1cccs1)n2[C@@H]1O[C@@H](CO)[C@@H](O)[C@H]1O. The van der Waals surface area contributed by atoms with Gasteiger partial charge in [-0.2, -0.15) is 5.10 Å². The van der Waals surface area contributed by atoms with E-state index in [1.54, 1.807) is 6.21 Å². The monoisotopic (exact) mass is 391 g/mol. The third kappa shape index (κ3) is 3.13. The highest BCUT2D eigenvalue weighted by Crippen LogP contribution is 2.35. The second kappa shape index (κ2) is 7.17. The molecule has 11 nitrogen and oxygen atoms in total. The molecule has 0 radical (unpaired) electrons. The Hall–Kier alpha value is -2.64. The summed E-state index contributed by atoms with van der Waals surface area (Å²) in [6.07, 6.45) is -1.69. The molecule has 6 N–H and O–H groups in total. The van der Waals surface area contributed by atoms with Crippen LogP contribution < -0.4 is 11.2 Å². The summed E-state index contributed by atoms with van der Waals surface area (Å²) in [4.78, 5) is 13.3. The largest absolute Gasteiger partial charge is 0.394 e. The summed E-state index contributed by atoms with van der Waals surface area (Å²) in [5, 5.41) is 35.9. The number of aromatic nitrogens is 4. The molecule has 0 aromatic carbocycles. The van der Waals surface area contributed by atoms with Gasteiger partial charge in [-0.15, -0.1) is 11.3 Å². The number of anilines is 2. The number of thiophene rings is 1. The average molecular weight is 391 g/mol. The van der Waals surface area contributed by atoms with Crippen LogP contribution in [0.15, 0.2) is 28.9 Å². The summed E-state index contributed by atoms with van der Waals surface area (Å²) in [5.74, 6) is 0.343. The van der Waals surface area contributed by atoms with Crippen molar-refractivity contribution in [1.82, 2.24) is 19.5 Å². The van der Waals surface area contributed by atoms with E-state index in [0.717, 1.165) is 4.88 Å². The molecular weight excluding hydrogens is 374 g/mol. The maximum Gasteiger partial charge on any atom is 0.228 e. The van der Waals surface area contributed by atoms with Crippen LogP contribution in [-0.4, -0.2) is 66.0 Å². The van der Waals surface area contributed by atoms with Gasteiger partial charge in [-0.25, -0.2) is 20.4 Å². The quantitative estimate of drug-likeness (QED) is 0.285. The van der Waals surface area contributed by atoms with E-state index < -0.39 is 31.1 Å². The molecule has 0 bridgehead atoms. The van der Waals surface area contributed by atoms with Crippen molar-refractivity contribution in [3.63, 3.8) is 0 Å². The van der Waals surface area contributed by atoms with Gasteiger partial charge in [0.15, 0.2) is 23.2 Å². The van der Waals surface area contributed by atoms with Gasteiger partial charge in [-0.05, 0) is 11.4 Å². The lowest BCUT2D eigenvalue weighted by atomic mass is 10.1. The molecule has 4 rings (SSSR count). The minimum atomic E-state index is -1.31. The summed E-state index contributed by atoms with van der Waals surface area (Å²) in [6.45, 7) is -0.447. The zero-order chi connectivity index (χ0) is 19.0. The van der Waals surface area contributed by atoms with E-state index in [2.05, 4.69) is 25.5 Å². The van der Waals surface area contributed by atoms with E-state index in [9.17, 15) is 15.3 Å². The van der Waals surface area contributed by atoms with Gasteiger partial charge < -0.3 is 25.8 Å². The third-order valence-electron chi connectivity index (χ3n) is 4.18. The molecule has 0 aliphatic carbocycles. The standard InChI is InChI=1S/C15H17N7O4S/c16-12-9-13(18-6-17-12)22(14-11(25)10(24)8(5-23)26-14)15(20-9)21-19-4-7-2-1-3-27-7/h1-4,6,8,10-11,14,23-25H,5H2,(H,20,21)(H2,16,17,18)/b19-4-/t8-,10+,11+,14+/m0/s1. The average Bonchev–Trinajstić information content (AvgIpc) is 3.36. The zero-order valence-corrected chi connectivity index (χ0v) is 14.7. The fourth-order valence-electron chi connectivity index (χ4n) is 2.86. The molecule has 0 spiro atoms. The fraction of sp³-hybridized carbons (Fsp3) is 0.333. The van der Waals surface area contributed by atoms with Crippen LogP contribution in [0.3, 0.4) is 0 Å². The van der Waals surface area contributed by atoms with Crippen molar-refractivity contribution in [1.29, 1.82) is 0 Å². The van der Waals surface area contributed by atoms with Crippen molar-refractivity contribution < 1.29 is 20.1 Å². The number of nitrogens with zero attached hydrogens (tertiary/aromatic N) is 5. The maximum atomic E-state index is 10.4. The lowest BCUT2D eigenvalue weighted by Crippen LogP contribution is -2.33. The molecule has 142 valence electrons. The summed E-state index contributed by atoms with van der Waals surface area (Å²) >= 11 is 1.51. The molecule has 1 fully saturated rings. The van der Waals surface area contributed by atoms with Crippen LogP contribution in [0.2, 0.25) is 0 Å². The second-order valence-corrected chi connectivity index (χ2v) is 6.83. The van der Waals surface area contributed by atoms with Crippen LogP contribution in [0.25, 0.3) is 11.2 Å². The molecule has 0 unspecified atom stereocenters. The van der Waals surface area contributed by atoms with Crippen molar-refractivity contribution >= 4 is 40.5 Å². The van der Waals surface area contributed by atoms with Crippen molar-refractivity contribution in [2.24, 2.45) is 5.10 Å². The van der Waals surface area contributed by atoms with Crippen LogP contribution in [0.4, 0.5) is 11.8 Å². The lowest BCUT2D eigenvalue weighted by Gasteiger charge is -2.18. The Labute approximate surface area is 156 Å². The highest BCUT2D eigenvalue weighted by atomic mass is 32.1. The molecule has 3 aromatic heterocycles. The molecule has 12 heteroatoms. The number of aliphatic hydroxyl groups excluding tert-OH is 3. The van der Waals surface area contributed by atoms with E-state index in [1.165, 1.54) is 22.2 Å². The van der Waals surface area contributed by atoms with Gasteiger partial charge in [-0.3, -0.25) is 4.57 Å². The van der Waals surface area contributed by atoms with Gasteiger partial charge >= 0.3 is 0 Å². The highest BCUT2D eigenvalue weighted by Gasteiger charge is 2.45. The first kappa shape index (κ1) is 17.8. The molecule has 3 aromatic rings. The van der Waals surface area contributed by atoms with Crippen LogP contribution in [0.1, 0.15) is 11.1 Å². The third-order valence-corrected chi connectivity index (χ3v) is 4.98. The topological polar surface area (TPSA) is 164 Å². The molecule has 1 saturated heterocycles. The highest BCUT2D eigenvalue weighted by molar-refractivity contribution is 7.11. The van der Waals surface area contributed by atoms with Gasteiger partial charge in [0.05, 0.1) is 12.8 Å². The Kier molecular flexibility index (Phi) is 4.72. The Bertz CT molecular complexity index is 961. The van der Waals surface area contributed by atoms with E-state index in [1.807, 2.05) is 17.5 Å². The van der Waals surface area contributed by atoms with Crippen molar-refractivity contribution in [3.8, 4) is 0 Å². The first-order valence-corrected chi connectivity index (χ1v) is 8.91. The summed E-state index contributed by atoms with van der Waals surface area (Å²) in [5.41, 5.74) is 9.25. The molecule has 1 aliphatic rings. The Morgan fingerprint density at radius 2 is 2.22 bits per heavy atom. The van der Waals surface area contributed by atoms with Crippen molar-refractivity contribution in [2.75, 3.05) is 17.8 Å². The smallest absolute Gasteiger partial charge is 0.228 e. The Balaban J connectivity index is 1.74. The molecule has 1 aliphatic heterocycles. The summed E-state index contributed by atoms with van der Waals surface area (Å²) < 4.78 is 7.04. The van der Waals surface area contributed by atoms with Gasteiger partial charge in [0.1, 0.15) is 24.6 Å². The van der Waals surface area contributed by atoms with Gasteiger partial charge in [0.25, 0.3) is 0 Å². The molecular formula is C15H17N7O4S. The predicted octanol–water partition coefficient (Wildman–Crippen LogP) is -0.473. The number of nitrogens with one attached hydrogen (secondary N) is 1. The van der Waals surface area contributed by atoms with Crippen LogP contribution in [0, 0.1) is 0 Å². The van der Waals surface area contributed by atoms with E-state index in [0.29, 0.717) is 11.2 Å². The minimum absolute atomic E-state index is 0.149. The number of nitrogens with two attached hydrogens (primary N) is 1.